The van der Waals surface area contributed by atoms with Crippen LogP contribution in [0.25, 0.3) is 0 Å². The summed E-state index contributed by atoms with van der Waals surface area (Å²) < 4.78 is 0. The average Bonchev–Trinajstić information content (AvgIpc) is 3.34. The molecule has 26 heavy (non-hydrogen) atoms. The van der Waals surface area contributed by atoms with Crippen LogP contribution in [-0.4, -0.2) is 40.5 Å². The molecule has 2 saturated heterocycles. The van der Waals surface area contributed by atoms with Gasteiger partial charge >= 0.3 is 0 Å². The second kappa shape index (κ2) is 9.12. The van der Waals surface area contributed by atoms with Crippen LogP contribution in [0.1, 0.15) is 54.7 Å². The predicted molar refractivity (Wildman–Crippen MR) is 109 cm³/mol. The maximum Gasteiger partial charge on any atom is 0.0404 e. The number of hydrogen-bond acceptors (Lipinski definition) is 4. The molecule has 2 aromatic rings. The summed E-state index contributed by atoms with van der Waals surface area (Å²) >= 11 is 1.96. The van der Waals surface area contributed by atoms with Crippen molar-refractivity contribution in [2.45, 2.75) is 64.1 Å². The monoisotopic (exact) mass is 369 g/mol. The highest BCUT2D eigenvalue weighted by molar-refractivity contribution is 7.10. The third-order valence-electron chi connectivity index (χ3n) is 5.88. The third-order valence-corrected chi connectivity index (χ3v) is 6.85. The number of aromatic nitrogens is 1. The van der Waals surface area contributed by atoms with Crippen molar-refractivity contribution >= 4 is 11.3 Å². The summed E-state index contributed by atoms with van der Waals surface area (Å²) in [6.45, 7) is 6.11. The highest BCUT2D eigenvalue weighted by Crippen LogP contribution is 2.26. The van der Waals surface area contributed by atoms with Gasteiger partial charge in [-0.15, -0.1) is 11.3 Å². The van der Waals surface area contributed by atoms with Gasteiger partial charge in [0.1, 0.15) is 0 Å². The first-order valence-electron chi connectivity index (χ1n) is 10.3. The minimum Gasteiger partial charge on any atom is -0.299 e. The molecule has 2 aliphatic heterocycles. The fourth-order valence-electron chi connectivity index (χ4n) is 4.45. The van der Waals surface area contributed by atoms with Crippen LogP contribution in [0, 0.1) is 0 Å². The lowest BCUT2D eigenvalue weighted by Gasteiger charge is -2.35. The van der Waals surface area contributed by atoms with Gasteiger partial charge in [0.25, 0.3) is 0 Å². The summed E-state index contributed by atoms with van der Waals surface area (Å²) in [5.74, 6) is 0. The van der Waals surface area contributed by atoms with E-state index >= 15 is 0 Å². The van der Waals surface area contributed by atoms with Gasteiger partial charge in [0.2, 0.25) is 0 Å². The van der Waals surface area contributed by atoms with E-state index in [0.29, 0.717) is 0 Å². The lowest BCUT2D eigenvalue weighted by molar-refractivity contribution is 0.133. The molecule has 2 aromatic heterocycles. The molecule has 0 N–H and O–H groups in total. The van der Waals surface area contributed by atoms with E-state index < -0.39 is 0 Å². The van der Waals surface area contributed by atoms with E-state index in [4.69, 9.17) is 0 Å². The van der Waals surface area contributed by atoms with Crippen molar-refractivity contribution in [3.8, 4) is 0 Å². The van der Waals surface area contributed by atoms with E-state index in [2.05, 4.69) is 38.4 Å². The minimum absolute atomic E-state index is 0.717. The number of likely N-dealkylation sites (tertiary alicyclic amines) is 2. The van der Waals surface area contributed by atoms with Crippen LogP contribution in [0.3, 0.4) is 0 Å². The van der Waals surface area contributed by atoms with Crippen LogP contribution in [-0.2, 0) is 19.5 Å². The number of piperidine rings is 1. The Kier molecular flexibility index (Phi) is 6.36. The average molecular weight is 370 g/mol. The quantitative estimate of drug-likeness (QED) is 0.703. The second-order valence-corrected chi connectivity index (χ2v) is 8.88. The van der Waals surface area contributed by atoms with E-state index in [1.165, 1.54) is 69.4 Å². The molecule has 0 radical (unpaired) electrons. The summed E-state index contributed by atoms with van der Waals surface area (Å²) in [6, 6.07) is 9.46. The third kappa shape index (κ3) is 4.93. The van der Waals surface area contributed by atoms with Crippen LogP contribution >= 0.6 is 11.3 Å². The Morgan fingerprint density at radius 1 is 1.04 bits per heavy atom. The van der Waals surface area contributed by atoms with Gasteiger partial charge in [-0.2, -0.15) is 0 Å². The molecule has 3 nitrogen and oxygen atoms in total. The van der Waals surface area contributed by atoms with Gasteiger partial charge in [-0.1, -0.05) is 12.5 Å². The molecule has 0 unspecified atom stereocenters. The largest absolute Gasteiger partial charge is 0.299 e. The molecule has 0 amide bonds. The molecule has 0 aliphatic carbocycles. The Hall–Kier alpha value is -1.23. The summed E-state index contributed by atoms with van der Waals surface area (Å²) in [7, 11) is 0. The van der Waals surface area contributed by atoms with Gasteiger partial charge in [0.15, 0.2) is 0 Å². The highest BCUT2D eigenvalue weighted by Gasteiger charge is 2.23. The number of hydrogen-bond donors (Lipinski definition) is 0. The Morgan fingerprint density at radius 3 is 2.77 bits per heavy atom. The van der Waals surface area contributed by atoms with Crippen molar-refractivity contribution < 1.29 is 0 Å². The van der Waals surface area contributed by atoms with Crippen molar-refractivity contribution in [3.63, 3.8) is 0 Å². The van der Waals surface area contributed by atoms with Crippen molar-refractivity contribution in [1.82, 2.24) is 14.8 Å². The molecule has 0 aromatic carbocycles. The maximum atomic E-state index is 4.50. The zero-order chi connectivity index (χ0) is 17.6. The van der Waals surface area contributed by atoms with Crippen molar-refractivity contribution in [2.24, 2.45) is 0 Å². The number of thiophene rings is 1. The van der Waals surface area contributed by atoms with E-state index in [0.717, 1.165) is 25.6 Å². The highest BCUT2D eigenvalue weighted by atomic mass is 32.1. The molecule has 4 heterocycles. The lowest BCUT2D eigenvalue weighted by atomic mass is 9.97. The molecule has 1 atom stereocenters. The summed E-state index contributed by atoms with van der Waals surface area (Å²) in [6.07, 6.45) is 11.1. The molecular formula is C22H31N3S. The molecule has 2 aliphatic rings. The van der Waals surface area contributed by atoms with Crippen LogP contribution in [0.5, 0.6) is 0 Å². The van der Waals surface area contributed by atoms with E-state index in [9.17, 15) is 0 Å². The van der Waals surface area contributed by atoms with Crippen LogP contribution in [0.4, 0.5) is 0 Å². The Labute approximate surface area is 162 Å². The molecule has 4 rings (SSSR count). The van der Waals surface area contributed by atoms with Crippen molar-refractivity contribution in [2.75, 3.05) is 19.6 Å². The van der Waals surface area contributed by atoms with Gasteiger partial charge in [-0.3, -0.25) is 14.8 Å². The Bertz CT molecular complexity index is 663. The fraction of sp³-hybridized carbons (Fsp3) is 0.591. The second-order valence-electron chi connectivity index (χ2n) is 7.88. The van der Waals surface area contributed by atoms with Gasteiger partial charge < -0.3 is 0 Å². The van der Waals surface area contributed by atoms with E-state index in [1.54, 1.807) is 4.88 Å². The number of pyridine rings is 1. The number of aryl methyl sites for hydroxylation is 1. The van der Waals surface area contributed by atoms with Crippen molar-refractivity contribution in [3.05, 3.63) is 52.0 Å². The Morgan fingerprint density at radius 2 is 1.92 bits per heavy atom. The van der Waals surface area contributed by atoms with Crippen LogP contribution in [0.15, 0.2) is 35.8 Å². The zero-order valence-corrected chi connectivity index (χ0v) is 16.6. The topological polar surface area (TPSA) is 19.4 Å². The van der Waals surface area contributed by atoms with Gasteiger partial charge in [-0.05, 0) is 87.3 Å². The van der Waals surface area contributed by atoms with Crippen LogP contribution in [0.2, 0.25) is 0 Å². The predicted octanol–water partition coefficient (Wildman–Crippen LogP) is 4.73. The fourth-order valence-corrected chi connectivity index (χ4v) is 5.35. The standard InChI is InChI=1S/C22H31N3S/c1-3-11-23-20(7-1)9-10-21-8-2-4-14-25(21)17-22-15-19(18-26-22)16-24-12-5-6-13-24/h1,3,7,11,15,18,21H,2,4-6,8-10,12-14,16-17H2/t21-/m0/s1. The van der Waals surface area contributed by atoms with E-state index in [1.807, 2.05) is 23.6 Å². The maximum absolute atomic E-state index is 4.50. The Balaban J connectivity index is 1.32. The normalized spacial score (nSPS) is 22.1. The molecule has 0 saturated carbocycles. The summed E-state index contributed by atoms with van der Waals surface area (Å²) in [5.41, 5.74) is 2.76. The summed E-state index contributed by atoms with van der Waals surface area (Å²) in [5, 5.41) is 2.39. The first-order chi connectivity index (χ1) is 12.9. The first-order valence-corrected chi connectivity index (χ1v) is 11.2. The SMILES string of the molecule is c1ccc(CC[C@@H]2CCCCN2Cc2cc(CN3CCCC3)cs2)nc1. The van der Waals surface area contributed by atoms with Gasteiger partial charge in [0.05, 0.1) is 0 Å². The number of nitrogens with zero attached hydrogens (tertiary/aromatic N) is 3. The van der Waals surface area contributed by atoms with Crippen LogP contribution < -0.4 is 0 Å². The van der Waals surface area contributed by atoms with Gasteiger partial charge in [0, 0.05) is 35.9 Å². The molecule has 140 valence electrons. The summed E-state index contributed by atoms with van der Waals surface area (Å²) in [4.78, 5) is 11.4. The first kappa shape index (κ1) is 18.1. The van der Waals surface area contributed by atoms with Gasteiger partial charge in [-0.25, -0.2) is 0 Å². The molecule has 4 heteroatoms. The zero-order valence-electron chi connectivity index (χ0n) is 15.8. The smallest absolute Gasteiger partial charge is 0.0404 e. The lowest BCUT2D eigenvalue weighted by Crippen LogP contribution is -2.39. The van der Waals surface area contributed by atoms with Crippen molar-refractivity contribution in [1.29, 1.82) is 0 Å². The molecule has 0 bridgehead atoms. The molecule has 0 spiro atoms. The minimum atomic E-state index is 0.717. The van der Waals surface area contributed by atoms with E-state index in [-0.39, 0.29) is 0 Å². The molecular weight excluding hydrogens is 338 g/mol. The number of rotatable bonds is 7. The molecule has 2 fully saturated rings.